The van der Waals surface area contributed by atoms with E-state index in [1.165, 1.54) is 5.56 Å². The first kappa shape index (κ1) is 12.2. The van der Waals surface area contributed by atoms with Gasteiger partial charge in [0, 0.05) is 12.2 Å². The van der Waals surface area contributed by atoms with Gasteiger partial charge in [0.25, 0.3) is 0 Å². The number of hydrogen-bond acceptors (Lipinski definition) is 4. The summed E-state index contributed by atoms with van der Waals surface area (Å²) in [6, 6.07) is 4.47. The summed E-state index contributed by atoms with van der Waals surface area (Å²) in [7, 11) is 1.98. The van der Waals surface area contributed by atoms with Crippen LogP contribution in [0.15, 0.2) is 29.1 Å². The van der Waals surface area contributed by atoms with Gasteiger partial charge in [0.15, 0.2) is 0 Å². The zero-order valence-electron chi connectivity index (χ0n) is 10.2. The summed E-state index contributed by atoms with van der Waals surface area (Å²) in [6.07, 6.45) is 3.97. The van der Waals surface area contributed by atoms with Crippen LogP contribution in [-0.2, 0) is 6.42 Å². The minimum absolute atomic E-state index is 0.302. The van der Waals surface area contributed by atoms with E-state index in [9.17, 15) is 0 Å². The van der Waals surface area contributed by atoms with Gasteiger partial charge in [-0.25, -0.2) is 9.97 Å². The van der Waals surface area contributed by atoms with Crippen molar-refractivity contribution >= 4 is 11.3 Å². The van der Waals surface area contributed by atoms with Crippen LogP contribution >= 0.6 is 11.3 Å². The minimum Gasteiger partial charge on any atom is -0.312 e. The lowest BCUT2D eigenvalue weighted by molar-refractivity contribution is 0.533. The van der Waals surface area contributed by atoms with Gasteiger partial charge in [-0.1, -0.05) is 0 Å². The molecule has 2 rings (SSSR count). The van der Waals surface area contributed by atoms with Crippen LogP contribution in [0, 0.1) is 6.92 Å². The molecular weight excluding hydrogens is 230 g/mol. The Kier molecular flexibility index (Phi) is 4.23. The van der Waals surface area contributed by atoms with Crippen LogP contribution in [0.5, 0.6) is 0 Å². The Balaban J connectivity index is 2.01. The van der Waals surface area contributed by atoms with Crippen molar-refractivity contribution < 1.29 is 0 Å². The van der Waals surface area contributed by atoms with Gasteiger partial charge < -0.3 is 5.32 Å². The van der Waals surface area contributed by atoms with Crippen LogP contribution < -0.4 is 5.32 Å². The Morgan fingerprint density at radius 2 is 2.29 bits per heavy atom. The molecule has 17 heavy (non-hydrogen) atoms. The van der Waals surface area contributed by atoms with Crippen molar-refractivity contribution in [3.8, 4) is 0 Å². The molecule has 0 radical (unpaired) electrons. The van der Waals surface area contributed by atoms with E-state index < -0.39 is 0 Å². The normalized spacial score (nSPS) is 12.6. The molecule has 3 nitrogen and oxygen atoms in total. The van der Waals surface area contributed by atoms with Crippen LogP contribution in [0.25, 0.3) is 0 Å². The van der Waals surface area contributed by atoms with E-state index in [0.29, 0.717) is 6.04 Å². The molecule has 0 aliphatic rings. The van der Waals surface area contributed by atoms with E-state index in [1.54, 1.807) is 11.3 Å². The lowest BCUT2D eigenvalue weighted by atomic mass is 10.0. The summed E-state index contributed by atoms with van der Waals surface area (Å²) in [6.45, 7) is 1.93. The molecule has 1 unspecified atom stereocenters. The zero-order valence-corrected chi connectivity index (χ0v) is 11.0. The van der Waals surface area contributed by atoms with Gasteiger partial charge in [0.2, 0.25) is 0 Å². The second-order valence-electron chi connectivity index (χ2n) is 4.04. The lowest BCUT2D eigenvalue weighted by Gasteiger charge is -2.15. The topological polar surface area (TPSA) is 37.8 Å². The molecule has 0 bridgehead atoms. The van der Waals surface area contributed by atoms with E-state index in [4.69, 9.17) is 0 Å². The summed E-state index contributed by atoms with van der Waals surface area (Å²) < 4.78 is 0. The van der Waals surface area contributed by atoms with E-state index >= 15 is 0 Å². The smallest absolute Gasteiger partial charge is 0.125 e. The fourth-order valence-electron chi connectivity index (χ4n) is 1.85. The highest BCUT2D eigenvalue weighted by molar-refractivity contribution is 7.07. The van der Waals surface area contributed by atoms with Gasteiger partial charge in [-0.05, 0) is 55.3 Å². The largest absolute Gasteiger partial charge is 0.312 e. The van der Waals surface area contributed by atoms with Crippen LogP contribution in [-0.4, -0.2) is 17.0 Å². The number of aromatic nitrogens is 2. The van der Waals surface area contributed by atoms with Crippen molar-refractivity contribution in [3.05, 3.63) is 46.2 Å². The molecule has 2 heterocycles. The van der Waals surface area contributed by atoms with Crippen LogP contribution in [0.2, 0.25) is 0 Å². The Hall–Kier alpha value is -1.26. The highest BCUT2D eigenvalue weighted by Gasteiger charge is 2.11. The molecule has 0 saturated heterocycles. The van der Waals surface area contributed by atoms with E-state index in [0.717, 1.165) is 24.4 Å². The van der Waals surface area contributed by atoms with Crippen molar-refractivity contribution in [2.24, 2.45) is 0 Å². The van der Waals surface area contributed by atoms with Crippen molar-refractivity contribution in [3.63, 3.8) is 0 Å². The summed E-state index contributed by atoms with van der Waals surface area (Å²) >= 11 is 1.75. The number of nitrogens with zero attached hydrogens (tertiary/aromatic N) is 2. The predicted molar refractivity (Wildman–Crippen MR) is 71.2 cm³/mol. The molecule has 2 aromatic rings. The molecule has 0 aliphatic heterocycles. The Morgan fingerprint density at radius 1 is 1.41 bits per heavy atom. The van der Waals surface area contributed by atoms with Gasteiger partial charge in [-0.15, -0.1) is 0 Å². The fourth-order valence-corrected chi connectivity index (χ4v) is 2.56. The second-order valence-corrected chi connectivity index (χ2v) is 4.82. The number of thiophene rings is 1. The standard InChI is InChI=1S/C13H17N3S/c1-10-15-7-5-13(16-10)12(14-2)4-3-11-6-8-17-9-11/h5-9,12,14H,3-4H2,1-2H3. The second kappa shape index (κ2) is 5.89. The van der Waals surface area contributed by atoms with Crippen LogP contribution in [0.1, 0.15) is 29.5 Å². The van der Waals surface area contributed by atoms with Gasteiger partial charge in [0.05, 0.1) is 5.69 Å². The summed E-state index contributed by atoms with van der Waals surface area (Å²) in [5, 5.41) is 7.65. The fraction of sp³-hybridized carbons (Fsp3) is 0.385. The average Bonchev–Trinajstić information content (AvgIpc) is 2.83. The highest BCUT2D eigenvalue weighted by atomic mass is 32.1. The van der Waals surface area contributed by atoms with Gasteiger partial charge in [-0.2, -0.15) is 11.3 Å². The molecule has 0 aliphatic carbocycles. The first-order chi connectivity index (χ1) is 8.29. The minimum atomic E-state index is 0.302. The Bertz CT molecular complexity index is 453. The monoisotopic (exact) mass is 247 g/mol. The van der Waals surface area contributed by atoms with Crippen molar-refractivity contribution in [2.75, 3.05) is 7.05 Å². The van der Waals surface area contributed by atoms with Gasteiger partial charge in [0.1, 0.15) is 5.82 Å². The Labute approximate surface area is 106 Å². The first-order valence-electron chi connectivity index (χ1n) is 5.77. The summed E-state index contributed by atoms with van der Waals surface area (Å²) in [5.74, 6) is 0.832. The van der Waals surface area contributed by atoms with Crippen molar-refractivity contribution in [1.29, 1.82) is 0 Å². The number of aryl methyl sites for hydroxylation is 2. The molecule has 1 atom stereocenters. The number of hydrogen-bond donors (Lipinski definition) is 1. The van der Waals surface area contributed by atoms with Crippen LogP contribution in [0.3, 0.4) is 0 Å². The molecule has 0 amide bonds. The molecule has 4 heteroatoms. The Morgan fingerprint density at radius 3 is 2.94 bits per heavy atom. The predicted octanol–water partition coefficient (Wildman–Crippen LogP) is 2.74. The molecule has 0 aromatic carbocycles. The molecule has 0 saturated carbocycles. The third-order valence-electron chi connectivity index (χ3n) is 2.80. The molecule has 2 aromatic heterocycles. The number of nitrogens with one attached hydrogen (secondary N) is 1. The number of rotatable bonds is 5. The van der Waals surface area contributed by atoms with Crippen molar-refractivity contribution in [2.45, 2.75) is 25.8 Å². The lowest BCUT2D eigenvalue weighted by Crippen LogP contribution is -2.18. The average molecular weight is 247 g/mol. The zero-order chi connectivity index (χ0) is 12.1. The van der Waals surface area contributed by atoms with Crippen molar-refractivity contribution in [1.82, 2.24) is 15.3 Å². The summed E-state index contributed by atoms with van der Waals surface area (Å²) in [5.41, 5.74) is 2.48. The maximum Gasteiger partial charge on any atom is 0.125 e. The van der Waals surface area contributed by atoms with Crippen LogP contribution in [0.4, 0.5) is 0 Å². The molecular formula is C13H17N3S. The van der Waals surface area contributed by atoms with E-state index in [-0.39, 0.29) is 0 Å². The molecule has 90 valence electrons. The maximum atomic E-state index is 4.47. The van der Waals surface area contributed by atoms with E-state index in [2.05, 4.69) is 32.1 Å². The molecule has 0 fully saturated rings. The quantitative estimate of drug-likeness (QED) is 0.883. The van der Waals surface area contributed by atoms with Gasteiger partial charge in [-0.3, -0.25) is 0 Å². The van der Waals surface area contributed by atoms with Gasteiger partial charge >= 0.3 is 0 Å². The maximum absolute atomic E-state index is 4.47. The summed E-state index contributed by atoms with van der Waals surface area (Å²) in [4.78, 5) is 8.60. The molecule has 0 spiro atoms. The van der Waals surface area contributed by atoms with E-state index in [1.807, 2.05) is 26.2 Å². The SMILES string of the molecule is CNC(CCc1ccsc1)c1ccnc(C)n1. The molecule has 1 N–H and O–H groups in total. The third kappa shape index (κ3) is 3.35. The third-order valence-corrected chi connectivity index (χ3v) is 3.54. The first-order valence-corrected chi connectivity index (χ1v) is 6.72. The highest BCUT2D eigenvalue weighted by Crippen LogP contribution is 2.18.